The molecule has 0 fully saturated rings. The van der Waals surface area contributed by atoms with Crippen molar-refractivity contribution in [3.63, 3.8) is 0 Å². The van der Waals surface area contributed by atoms with E-state index in [2.05, 4.69) is 169 Å². The molecule has 0 saturated carbocycles. The summed E-state index contributed by atoms with van der Waals surface area (Å²) in [5, 5.41) is 5.23. The third-order valence-corrected chi connectivity index (χ3v) is 9.25. The number of fused-ring (bicyclic) bond motifs is 5. The van der Waals surface area contributed by atoms with Crippen LogP contribution in [0, 0.1) is 0 Å². The van der Waals surface area contributed by atoms with E-state index in [-0.39, 0.29) is 0 Å². The fourth-order valence-corrected chi connectivity index (χ4v) is 7.30. The predicted molar refractivity (Wildman–Crippen MR) is 182 cm³/mol. The van der Waals surface area contributed by atoms with Crippen LogP contribution in [0.4, 0.5) is 17.1 Å². The standard InChI is InChI=1S/C40H27NS/c1-4-12-28(13-5-1)31-21-25-38(37(26-31)29-14-6-2-7-15-29)41(32-17-8-3-9-18-32)33-22-24-35-36-23-20-30-16-10-11-19-34(30)40(36)42-39(35)27-33/h1-27H. The van der Waals surface area contributed by atoms with Crippen LogP contribution in [0.5, 0.6) is 0 Å². The molecule has 2 heteroatoms. The van der Waals surface area contributed by atoms with Gasteiger partial charge in [-0.25, -0.2) is 0 Å². The highest BCUT2D eigenvalue weighted by Crippen LogP contribution is 2.45. The molecular weight excluding hydrogens is 527 g/mol. The van der Waals surface area contributed by atoms with Gasteiger partial charge in [-0.15, -0.1) is 11.3 Å². The predicted octanol–water partition coefficient (Wildman–Crippen LogP) is 12.0. The number of rotatable bonds is 5. The average molecular weight is 554 g/mol. The van der Waals surface area contributed by atoms with E-state index >= 15 is 0 Å². The Morgan fingerprint density at radius 2 is 1.07 bits per heavy atom. The van der Waals surface area contributed by atoms with Crippen LogP contribution in [0.2, 0.25) is 0 Å². The Bertz CT molecular complexity index is 2180. The first-order chi connectivity index (χ1) is 20.8. The number of hydrogen-bond donors (Lipinski definition) is 0. The van der Waals surface area contributed by atoms with Crippen molar-refractivity contribution < 1.29 is 0 Å². The molecule has 8 rings (SSSR count). The zero-order valence-corrected chi connectivity index (χ0v) is 23.8. The lowest BCUT2D eigenvalue weighted by Gasteiger charge is -2.28. The van der Waals surface area contributed by atoms with Crippen LogP contribution in [0.3, 0.4) is 0 Å². The minimum atomic E-state index is 1.13. The first-order valence-corrected chi connectivity index (χ1v) is 15.1. The molecule has 1 aromatic heterocycles. The van der Waals surface area contributed by atoms with Crippen molar-refractivity contribution in [2.45, 2.75) is 0 Å². The molecule has 198 valence electrons. The second kappa shape index (κ2) is 10.3. The minimum absolute atomic E-state index is 1.13. The molecule has 42 heavy (non-hydrogen) atoms. The Morgan fingerprint density at radius 1 is 0.405 bits per heavy atom. The van der Waals surface area contributed by atoms with Crippen molar-refractivity contribution in [2.75, 3.05) is 4.90 Å². The summed E-state index contributed by atoms with van der Waals surface area (Å²) in [5.41, 5.74) is 8.24. The number of thiophene rings is 1. The Balaban J connectivity index is 1.36. The lowest BCUT2D eigenvalue weighted by molar-refractivity contribution is 1.29. The molecule has 0 aliphatic carbocycles. The Kier molecular flexibility index (Phi) is 6.05. The van der Waals surface area contributed by atoms with Crippen molar-refractivity contribution in [3.05, 3.63) is 164 Å². The second-order valence-corrected chi connectivity index (χ2v) is 11.6. The van der Waals surface area contributed by atoms with Crippen molar-refractivity contribution >= 4 is 59.3 Å². The maximum Gasteiger partial charge on any atom is 0.0540 e. The van der Waals surface area contributed by atoms with Crippen molar-refractivity contribution in [3.8, 4) is 22.3 Å². The van der Waals surface area contributed by atoms with Crippen LogP contribution in [-0.4, -0.2) is 0 Å². The molecule has 8 aromatic rings. The largest absolute Gasteiger partial charge is 0.310 e. The van der Waals surface area contributed by atoms with Crippen LogP contribution in [0.25, 0.3) is 53.2 Å². The van der Waals surface area contributed by atoms with E-state index in [1.54, 1.807) is 0 Å². The van der Waals surface area contributed by atoms with Gasteiger partial charge in [-0.05, 0) is 63.9 Å². The van der Waals surface area contributed by atoms with Crippen LogP contribution in [-0.2, 0) is 0 Å². The Morgan fingerprint density at radius 3 is 1.86 bits per heavy atom. The van der Waals surface area contributed by atoms with E-state index in [1.165, 1.54) is 53.2 Å². The third kappa shape index (κ3) is 4.25. The molecule has 0 unspecified atom stereocenters. The maximum atomic E-state index is 2.40. The zero-order chi connectivity index (χ0) is 27.9. The van der Waals surface area contributed by atoms with Crippen molar-refractivity contribution in [2.24, 2.45) is 0 Å². The molecule has 1 nitrogen and oxygen atoms in total. The first kappa shape index (κ1) is 24.6. The normalized spacial score (nSPS) is 11.3. The van der Waals surface area contributed by atoms with Gasteiger partial charge in [0.1, 0.15) is 0 Å². The SMILES string of the molecule is c1ccc(-c2ccc(N(c3ccccc3)c3ccc4c(c3)sc3c5ccccc5ccc43)c(-c3ccccc3)c2)cc1. The second-order valence-electron chi connectivity index (χ2n) is 10.6. The fraction of sp³-hybridized carbons (Fsp3) is 0. The highest BCUT2D eigenvalue weighted by Gasteiger charge is 2.19. The third-order valence-electron chi connectivity index (χ3n) is 8.05. The average Bonchev–Trinajstić information content (AvgIpc) is 3.45. The van der Waals surface area contributed by atoms with Gasteiger partial charge in [-0.1, -0.05) is 127 Å². The molecule has 0 radical (unpaired) electrons. The Hall–Kier alpha value is -5.18. The smallest absolute Gasteiger partial charge is 0.0540 e. The summed E-state index contributed by atoms with van der Waals surface area (Å²) in [7, 11) is 0. The Labute approximate surface area is 249 Å². The highest BCUT2D eigenvalue weighted by molar-refractivity contribution is 7.26. The molecule has 0 saturated heterocycles. The van der Waals surface area contributed by atoms with E-state index in [9.17, 15) is 0 Å². The maximum absolute atomic E-state index is 2.40. The van der Waals surface area contributed by atoms with E-state index in [1.807, 2.05) is 11.3 Å². The lowest BCUT2D eigenvalue weighted by Crippen LogP contribution is -2.11. The summed E-state index contributed by atoms with van der Waals surface area (Å²) in [6.45, 7) is 0. The van der Waals surface area contributed by atoms with Crippen LogP contribution in [0.1, 0.15) is 0 Å². The van der Waals surface area contributed by atoms with Crippen LogP contribution >= 0.6 is 11.3 Å². The molecule has 0 amide bonds. The summed E-state index contributed by atoms with van der Waals surface area (Å²) in [5.74, 6) is 0. The molecule has 0 aliphatic rings. The van der Waals surface area contributed by atoms with Gasteiger partial charge in [-0.2, -0.15) is 0 Å². The molecule has 0 bridgehead atoms. The van der Waals surface area contributed by atoms with E-state index in [4.69, 9.17) is 0 Å². The van der Waals surface area contributed by atoms with Gasteiger partial charge in [0.15, 0.2) is 0 Å². The summed E-state index contributed by atoms with van der Waals surface area (Å²) in [4.78, 5) is 2.40. The quantitative estimate of drug-likeness (QED) is 0.205. The van der Waals surface area contributed by atoms with Gasteiger partial charge in [0.05, 0.1) is 5.69 Å². The van der Waals surface area contributed by atoms with Gasteiger partial charge >= 0.3 is 0 Å². The zero-order valence-electron chi connectivity index (χ0n) is 22.9. The van der Waals surface area contributed by atoms with E-state index in [0.29, 0.717) is 0 Å². The van der Waals surface area contributed by atoms with E-state index in [0.717, 1.165) is 17.1 Å². The van der Waals surface area contributed by atoms with Gasteiger partial charge in [0.2, 0.25) is 0 Å². The summed E-state index contributed by atoms with van der Waals surface area (Å²) >= 11 is 1.89. The van der Waals surface area contributed by atoms with Crippen LogP contribution in [0.15, 0.2) is 164 Å². The number of para-hydroxylation sites is 1. The van der Waals surface area contributed by atoms with Gasteiger partial charge in [0.25, 0.3) is 0 Å². The minimum Gasteiger partial charge on any atom is -0.310 e. The molecular formula is C40H27NS. The molecule has 7 aromatic carbocycles. The van der Waals surface area contributed by atoms with Gasteiger partial charge in [-0.3, -0.25) is 0 Å². The summed E-state index contributed by atoms with van der Waals surface area (Å²) in [6.07, 6.45) is 0. The number of hydrogen-bond acceptors (Lipinski definition) is 2. The molecule has 1 heterocycles. The number of benzene rings is 7. The van der Waals surface area contributed by atoms with Crippen LogP contribution < -0.4 is 4.90 Å². The van der Waals surface area contributed by atoms with Crippen molar-refractivity contribution in [1.82, 2.24) is 0 Å². The van der Waals surface area contributed by atoms with Gasteiger partial charge in [0, 0.05) is 37.1 Å². The number of nitrogens with zero attached hydrogens (tertiary/aromatic N) is 1. The first-order valence-electron chi connectivity index (χ1n) is 14.3. The lowest BCUT2D eigenvalue weighted by atomic mass is 9.96. The van der Waals surface area contributed by atoms with E-state index < -0.39 is 0 Å². The monoisotopic (exact) mass is 553 g/mol. The molecule has 0 spiro atoms. The molecule has 0 atom stereocenters. The summed E-state index contributed by atoms with van der Waals surface area (Å²) < 4.78 is 2.64. The van der Waals surface area contributed by atoms with Gasteiger partial charge < -0.3 is 4.90 Å². The molecule has 0 aliphatic heterocycles. The summed E-state index contributed by atoms with van der Waals surface area (Å²) in [6, 6.07) is 59.1. The molecule has 0 N–H and O–H groups in total. The van der Waals surface area contributed by atoms with Crippen molar-refractivity contribution in [1.29, 1.82) is 0 Å². The fourth-order valence-electron chi connectivity index (χ4n) is 6.03. The highest BCUT2D eigenvalue weighted by atomic mass is 32.1. The number of anilines is 3. The topological polar surface area (TPSA) is 3.24 Å².